The van der Waals surface area contributed by atoms with Crippen LogP contribution in [0.25, 0.3) is 22.6 Å². The summed E-state index contributed by atoms with van der Waals surface area (Å²) in [6.45, 7) is 2.02. The average molecular weight is 315 g/mol. The maximum atomic E-state index is 11.4. The first-order valence-corrected chi connectivity index (χ1v) is 7.30. The lowest BCUT2D eigenvalue weighted by Gasteiger charge is -2.09. The second kappa shape index (κ2) is 7.21. The quantitative estimate of drug-likeness (QED) is 0.492. The number of nitrogens with zero attached hydrogens (tertiary/aromatic N) is 1. The fraction of sp³-hybridized carbons (Fsp3) is 0.294. The van der Waals surface area contributed by atoms with Crippen molar-refractivity contribution in [2.45, 2.75) is 0 Å². The maximum Gasteiger partial charge on any atom is 0.182 e. The second-order valence-electron chi connectivity index (χ2n) is 4.93. The van der Waals surface area contributed by atoms with Crippen molar-refractivity contribution in [3.8, 4) is 17.2 Å². The normalized spacial score (nSPS) is 11.2. The monoisotopic (exact) mass is 315 g/mol. The first-order chi connectivity index (χ1) is 11.3. The third-order valence-electron chi connectivity index (χ3n) is 3.25. The minimum absolute atomic E-state index is 0.108. The SMILES string of the molecule is COCCOCCOc1ccc2nc3ccc(=O)cc-3oc2c1. The lowest BCUT2D eigenvalue weighted by Crippen LogP contribution is -2.10. The molecule has 1 aliphatic heterocycles. The number of fused-ring (bicyclic) bond motifs is 2. The van der Waals surface area contributed by atoms with Crippen molar-refractivity contribution < 1.29 is 18.6 Å². The molecule has 6 heteroatoms. The zero-order valence-electron chi connectivity index (χ0n) is 12.8. The molecule has 1 heterocycles. The zero-order chi connectivity index (χ0) is 16.1. The van der Waals surface area contributed by atoms with E-state index in [0.717, 1.165) is 0 Å². The van der Waals surface area contributed by atoms with Crippen LogP contribution in [0.1, 0.15) is 0 Å². The minimum atomic E-state index is -0.108. The van der Waals surface area contributed by atoms with Gasteiger partial charge in [-0.1, -0.05) is 0 Å². The number of hydrogen-bond donors (Lipinski definition) is 0. The highest BCUT2D eigenvalue weighted by molar-refractivity contribution is 5.77. The highest BCUT2D eigenvalue weighted by Crippen LogP contribution is 2.26. The molecule has 0 amide bonds. The predicted octanol–water partition coefficient (Wildman–Crippen LogP) is 2.33. The summed E-state index contributed by atoms with van der Waals surface area (Å²) in [5.41, 5.74) is 1.82. The first kappa shape index (κ1) is 15.5. The molecule has 1 aliphatic carbocycles. The van der Waals surface area contributed by atoms with Gasteiger partial charge in [0.15, 0.2) is 16.8 Å². The molecule has 3 rings (SSSR count). The second-order valence-corrected chi connectivity index (χ2v) is 4.93. The number of ether oxygens (including phenoxy) is 3. The van der Waals surface area contributed by atoms with Crippen LogP contribution in [0.4, 0.5) is 0 Å². The van der Waals surface area contributed by atoms with Crippen molar-refractivity contribution in [1.29, 1.82) is 0 Å². The summed E-state index contributed by atoms with van der Waals surface area (Å²) in [6, 6.07) is 9.96. The van der Waals surface area contributed by atoms with Gasteiger partial charge in [-0.2, -0.15) is 0 Å². The van der Waals surface area contributed by atoms with Gasteiger partial charge in [-0.25, -0.2) is 4.98 Å². The van der Waals surface area contributed by atoms with Crippen LogP contribution in [0.5, 0.6) is 5.75 Å². The fourth-order valence-corrected chi connectivity index (χ4v) is 2.14. The molecule has 0 saturated heterocycles. The Labute approximate surface area is 133 Å². The molecule has 1 aromatic carbocycles. The Hall–Kier alpha value is -2.44. The smallest absolute Gasteiger partial charge is 0.182 e. The van der Waals surface area contributed by atoms with Crippen LogP contribution in [-0.4, -0.2) is 38.5 Å². The van der Waals surface area contributed by atoms with E-state index in [-0.39, 0.29) is 5.43 Å². The predicted molar refractivity (Wildman–Crippen MR) is 85.1 cm³/mol. The van der Waals surface area contributed by atoms with Crippen LogP contribution in [0.15, 0.2) is 45.6 Å². The molecule has 2 aliphatic rings. The van der Waals surface area contributed by atoms with Gasteiger partial charge in [-0.05, 0) is 24.3 Å². The van der Waals surface area contributed by atoms with Crippen molar-refractivity contribution >= 4 is 11.1 Å². The Bertz CT molecular complexity index is 814. The maximum absolute atomic E-state index is 11.4. The van der Waals surface area contributed by atoms with E-state index >= 15 is 0 Å². The van der Waals surface area contributed by atoms with Gasteiger partial charge < -0.3 is 18.6 Å². The molecule has 0 unspecified atom stereocenters. The summed E-state index contributed by atoms with van der Waals surface area (Å²) < 4.78 is 21.6. The van der Waals surface area contributed by atoms with Crippen molar-refractivity contribution in [3.05, 3.63) is 46.6 Å². The summed E-state index contributed by atoms with van der Waals surface area (Å²) in [6.07, 6.45) is 0. The summed E-state index contributed by atoms with van der Waals surface area (Å²) in [4.78, 5) is 15.9. The Morgan fingerprint density at radius 3 is 2.78 bits per heavy atom. The van der Waals surface area contributed by atoms with E-state index < -0.39 is 0 Å². The van der Waals surface area contributed by atoms with Crippen LogP contribution in [0.2, 0.25) is 0 Å². The summed E-state index contributed by atoms with van der Waals surface area (Å²) in [7, 11) is 1.63. The van der Waals surface area contributed by atoms with E-state index in [2.05, 4.69) is 4.98 Å². The number of rotatable bonds is 7. The summed E-state index contributed by atoms with van der Waals surface area (Å²) in [5, 5.41) is 0. The van der Waals surface area contributed by atoms with Gasteiger partial charge in [0.1, 0.15) is 23.6 Å². The number of hydrogen-bond acceptors (Lipinski definition) is 6. The standard InChI is InChI=1S/C17H17NO5/c1-20-6-7-21-8-9-22-13-3-5-15-17(11-13)23-16-10-12(19)2-4-14(16)18-15/h2-5,10-11H,6-9H2,1H3. The van der Waals surface area contributed by atoms with E-state index in [4.69, 9.17) is 18.6 Å². The Kier molecular flexibility index (Phi) is 4.85. The Morgan fingerprint density at radius 1 is 1.04 bits per heavy atom. The molecule has 0 aromatic heterocycles. The molecule has 0 spiro atoms. The molecule has 120 valence electrons. The van der Waals surface area contributed by atoms with Crippen LogP contribution >= 0.6 is 0 Å². The molecule has 0 atom stereocenters. The topological polar surface area (TPSA) is 70.8 Å². The van der Waals surface area contributed by atoms with E-state index in [9.17, 15) is 4.79 Å². The lowest BCUT2D eigenvalue weighted by molar-refractivity contribution is 0.0544. The van der Waals surface area contributed by atoms with Crippen molar-refractivity contribution in [3.63, 3.8) is 0 Å². The minimum Gasteiger partial charge on any atom is -0.491 e. The van der Waals surface area contributed by atoms with Gasteiger partial charge in [-0.3, -0.25) is 4.79 Å². The Balaban J connectivity index is 1.72. The highest BCUT2D eigenvalue weighted by atomic mass is 16.5. The van der Waals surface area contributed by atoms with Crippen molar-refractivity contribution in [1.82, 2.24) is 4.98 Å². The van der Waals surface area contributed by atoms with Crippen LogP contribution in [0, 0.1) is 0 Å². The van der Waals surface area contributed by atoms with Crippen LogP contribution in [0.3, 0.4) is 0 Å². The fourth-order valence-electron chi connectivity index (χ4n) is 2.14. The largest absolute Gasteiger partial charge is 0.491 e. The average Bonchev–Trinajstić information content (AvgIpc) is 2.56. The molecule has 6 nitrogen and oxygen atoms in total. The van der Waals surface area contributed by atoms with Crippen molar-refractivity contribution in [2.75, 3.05) is 33.5 Å². The molecule has 0 bridgehead atoms. The molecule has 1 aromatic rings. The summed E-state index contributed by atoms with van der Waals surface area (Å²) in [5.74, 6) is 1.13. The number of benzene rings is 2. The number of methoxy groups -OCH3 is 1. The molecular weight excluding hydrogens is 298 g/mol. The van der Waals surface area contributed by atoms with Gasteiger partial charge in [0.25, 0.3) is 0 Å². The molecule has 0 saturated carbocycles. The van der Waals surface area contributed by atoms with Crippen LogP contribution in [-0.2, 0) is 9.47 Å². The third kappa shape index (κ3) is 3.85. The highest BCUT2D eigenvalue weighted by Gasteiger charge is 2.09. The molecule has 23 heavy (non-hydrogen) atoms. The molecular formula is C17H17NO5. The van der Waals surface area contributed by atoms with Gasteiger partial charge in [0.2, 0.25) is 0 Å². The number of aromatic nitrogens is 1. The van der Waals surface area contributed by atoms with Gasteiger partial charge >= 0.3 is 0 Å². The molecule has 0 N–H and O–H groups in total. The first-order valence-electron chi connectivity index (χ1n) is 7.30. The zero-order valence-corrected chi connectivity index (χ0v) is 12.8. The van der Waals surface area contributed by atoms with Gasteiger partial charge in [-0.15, -0.1) is 0 Å². The van der Waals surface area contributed by atoms with Crippen LogP contribution < -0.4 is 10.2 Å². The molecule has 0 fully saturated rings. The van der Waals surface area contributed by atoms with E-state index in [1.807, 2.05) is 12.1 Å². The van der Waals surface area contributed by atoms with E-state index in [1.165, 1.54) is 12.1 Å². The van der Waals surface area contributed by atoms with Gasteiger partial charge in [0, 0.05) is 19.2 Å². The van der Waals surface area contributed by atoms with Gasteiger partial charge in [0.05, 0.1) is 19.8 Å². The van der Waals surface area contributed by atoms with E-state index in [0.29, 0.717) is 54.7 Å². The third-order valence-corrected chi connectivity index (χ3v) is 3.25. The summed E-state index contributed by atoms with van der Waals surface area (Å²) >= 11 is 0. The Morgan fingerprint density at radius 2 is 1.91 bits per heavy atom. The molecule has 0 radical (unpaired) electrons. The van der Waals surface area contributed by atoms with E-state index in [1.54, 1.807) is 19.2 Å². The lowest BCUT2D eigenvalue weighted by atomic mass is 10.2. The van der Waals surface area contributed by atoms with Crippen molar-refractivity contribution in [2.24, 2.45) is 0 Å².